The van der Waals surface area contributed by atoms with Gasteiger partial charge in [0.05, 0.1) is 22.4 Å². The van der Waals surface area contributed by atoms with Gasteiger partial charge in [0.25, 0.3) is 0 Å². The first-order valence-electron chi connectivity index (χ1n) is 6.95. The van der Waals surface area contributed by atoms with Crippen LogP contribution in [0.2, 0.25) is 0 Å². The lowest BCUT2D eigenvalue weighted by atomic mass is 9.93. The molecule has 2 heterocycles. The first-order chi connectivity index (χ1) is 9.50. The van der Waals surface area contributed by atoms with Crippen LogP contribution in [0.25, 0.3) is 0 Å². The lowest BCUT2D eigenvalue weighted by Crippen LogP contribution is -2.24. The lowest BCUT2D eigenvalue weighted by Gasteiger charge is -2.16. The Bertz CT molecular complexity index is 530. The number of thiazole rings is 1. The third kappa shape index (κ3) is 3.84. The van der Waals surface area contributed by atoms with Gasteiger partial charge in [-0.1, -0.05) is 27.7 Å². The summed E-state index contributed by atoms with van der Waals surface area (Å²) >= 11 is 1.73. The summed E-state index contributed by atoms with van der Waals surface area (Å²) in [6.07, 6.45) is 4.25. The quantitative estimate of drug-likeness (QED) is 0.919. The summed E-state index contributed by atoms with van der Waals surface area (Å²) < 4.78 is 0. The molecule has 1 N–H and O–H groups in total. The molecule has 0 amide bonds. The second-order valence-electron chi connectivity index (χ2n) is 5.83. The molecule has 0 aromatic carbocycles. The van der Waals surface area contributed by atoms with Crippen LogP contribution in [0, 0.1) is 0 Å². The highest BCUT2D eigenvalue weighted by molar-refractivity contribution is 7.09. The third-order valence-electron chi connectivity index (χ3n) is 3.11. The molecule has 0 saturated carbocycles. The van der Waals surface area contributed by atoms with Crippen molar-refractivity contribution < 1.29 is 0 Å². The Morgan fingerprint density at radius 1 is 1.35 bits per heavy atom. The van der Waals surface area contributed by atoms with Crippen molar-refractivity contribution in [2.24, 2.45) is 0 Å². The van der Waals surface area contributed by atoms with E-state index >= 15 is 0 Å². The van der Waals surface area contributed by atoms with E-state index in [2.05, 4.69) is 48.4 Å². The van der Waals surface area contributed by atoms with Gasteiger partial charge in [0.1, 0.15) is 6.33 Å². The number of hydrogen-bond acceptors (Lipinski definition) is 5. The smallest absolute Gasteiger partial charge is 0.115 e. The highest BCUT2D eigenvalue weighted by atomic mass is 32.1. The fourth-order valence-corrected chi connectivity index (χ4v) is 3.03. The standard InChI is InChI=1S/C15H22N4S/c1-5-17-12(11-6-7-16-10-18-11)8-14-19-13(9-20-14)15(2,3)4/h6-7,9-10,12,17H,5,8H2,1-4H3. The van der Waals surface area contributed by atoms with Gasteiger partial charge in [0.2, 0.25) is 0 Å². The van der Waals surface area contributed by atoms with Gasteiger partial charge in [-0.3, -0.25) is 0 Å². The Morgan fingerprint density at radius 3 is 2.70 bits per heavy atom. The summed E-state index contributed by atoms with van der Waals surface area (Å²) in [5.41, 5.74) is 2.29. The van der Waals surface area contributed by atoms with E-state index in [9.17, 15) is 0 Å². The molecule has 0 aliphatic rings. The predicted octanol–water partition coefficient (Wildman–Crippen LogP) is 3.12. The molecule has 0 spiro atoms. The first-order valence-corrected chi connectivity index (χ1v) is 7.83. The molecule has 0 radical (unpaired) electrons. The monoisotopic (exact) mass is 290 g/mol. The van der Waals surface area contributed by atoms with Gasteiger partial charge in [0, 0.05) is 23.4 Å². The Labute approximate surface area is 124 Å². The molecule has 2 aromatic heterocycles. The Kier molecular flexibility index (Phi) is 4.83. The topological polar surface area (TPSA) is 50.7 Å². The molecule has 5 heteroatoms. The summed E-state index contributed by atoms with van der Waals surface area (Å²) in [6.45, 7) is 9.59. The second-order valence-corrected chi connectivity index (χ2v) is 6.77. The van der Waals surface area contributed by atoms with E-state index in [1.54, 1.807) is 23.9 Å². The largest absolute Gasteiger partial charge is 0.309 e. The minimum absolute atomic E-state index is 0.108. The first kappa shape index (κ1) is 15.1. The molecule has 1 unspecified atom stereocenters. The maximum absolute atomic E-state index is 4.76. The zero-order chi connectivity index (χ0) is 14.6. The van der Waals surface area contributed by atoms with E-state index in [-0.39, 0.29) is 11.5 Å². The van der Waals surface area contributed by atoms with Crippen molar-refractivity contribution >= 4 is 11.3 Å². The van der Waals surface area contributed by atoms with Gasteiger partial charge >= 0.3 is 0 Å². The van der Waals surface area contributed by atoms with E-state index < -0.39 is 0 Å². The van der Waals surface area contributed by atoms with Gasteiger partial charge in [0.15, 0.2) is 0 Å². The van der Waals surface area contributed by atoms with Crippen molar-refractivity contribution in [3.63, 3.8) is 0 Å². The zero-order valence-corrected chi connectivity index (χ0v) is 13.4. The molecule has 1 atom stereocenters. The SMILES string of the molecule is CCNC(Cc1nc(C(C)(C)C)cs1)c1ccncn1. The van der Waals surface area contributed by atoms with Crippen LogP contribution in [0.3, 0.4) is 0 Å². The van der Waals surface area contributed by atoms with E-state index in [0.29, 0.717) is 0 Å². The Balaban J connectivity index is 2.15. The van der Waals surface area contributed by atoms with Gasteiger partial charge in [-0.05, 0) is 12.6 Å². The molecule has 2 aromatic rings. The number of rotatable bonds is 5. The van der Waals surface area contributed by atoms with Crippen LogP contribution in [0.4, 0.5) is 0 Å². The molecule has 4 nitrogen and oxygen atoms in total. The molecule has 0 bridgehead atoms. The van der Waals surface area contributed by atoms with Crippen LogP contribution in [0.5, 0.6) is 0 Å². The molecule has 20 heavy (non-hydrogen) atoms. The predicted molar refractivity (Wildman–Crippen MR) is 83.0 cm³/mol. The molecular formula is C15H22N4S. The van der Waals surface area contributed by atoms with E-state index in [0.717, 1.165) is 29.4 Å². The molecule has 0 fully saturated rings. The normalized spacial score (nSPS) is 13.4. The summed E-state index contributed by atoms with van der Waals surface area (Å²) in [4.78, 5) is 13.1. The van der Waals surface area contributed by atoms with Crippen molar-refractivity contribution in [2.45, 2.75) is 45.6 Å². The number of aromatic nitrogens is 3. The zero-order valence-electron chi connectivity index (χ0n) is 12.6. The van der Waals surface area contributed by atoms with Crippen LogP contribution in [0.15, 0.2) is 24.0 Å². The molecule has 108 valence electrons. The average molecular weight is 290 g/mol. The molecule has 0 saturated heterocycles. The fourth-order valence-electron chi connectivity index (χ4n) is 1.96. The lowest BCUT2D eigenvalue weighted by molar-refractivity contribution is 0.528. The summed E-state index contributed by atoms with van der Waals surface area (Å²) in [7, 11) is 0. The highest BCUT2D eigenvalue weighted by Gasteiger charge is 2.19. The highest BCUT2D eigenvalue weighted by Crippen LogP contribution is 2.26. The van der Waals surface area contributed by atoms with E-state index in [1.807, 2.05) is 6.07 Å². The number of likely N-dealkylation sites (N-methyl/N-ethyl adjacent to an activating group) is 1. The van der Waals surface area contributed by atoms with Gasteiger partial charge in [-0.2, -0.15) is 0 Å². The number of nitrogens with one attached hydrogen (secondary N) is 1. The van der Waals surface area contributed by atoms with Crippen molar-refractivity contribution in [3.05, 3.63) is 40.4 Å². The van der Waals surface area contributed by atoms with Crippen LogP contribution in [-0.4, -0.2) is 21.5 Å². The fraction of sp³-hybridized carbons (Fsp3) is 0.533. The summed E-state index contributed by atoms with van der Waals surface area (Å²) in [6, 6.07) is 2.16. The van der Waals surface area contributed by atoms with E-state index in [1.165, 1.54) is 0 Å². The minimum atomic E-state index is 0.108. The maximum Gasteiger partial charge on any atom is 0.115 e. The molecular weight excluding hydrogens is 268 g/mol. The number of hydrogen-bond donors (Lipinski definition) is 1. The molecule has 0 aliphatic carbocycles. The van der Waals surface area contributed by atoms with Crippen LogP contribution in [0.1, 0.15) is 50.1 Å². The van der Waals surface area contributed by atoms with Gasteiger partial charge < -0.3 is 5.32 Å². The minimum Gasteiger partial charge on any atom is -0.309 e. The van der Waals surface area contributed by atoms with Crippen molar-refractivity contribution in [3.8, 4) is 0 Å². The van der Waals surface area contributed by atoms with Gasteiger partial charge in [-0.25, -0.2) is 15.0 Å². The average Bonchev–Trinajstić information content (AvgIpc) is 2.88. The Hall–Kier alpha value is -1.33. The van der Waals surface area contributed by atoms with Crippen molar-refractivity contribution in [1.82, 2.24) is 20.3 Å². The maximum atomic E-state index is 4.76. The van der Waals surface area contributed by atoms with Crippen LogP contribution >= 0.6 is 11.3 Å². The van der Waals surface area contributed by atoms with Gasteiger partial charge in [-0.15, -0.1) is 11.3 Å². The second kappa shape index (κ2) is 6.41. The van der Waals surface area contributed by atoms with E-state index in [4.69, 9.17) is 4.98 Å². The molecule has 0 aliphatic heterocycles. The van der Waals surface area contributed by atoms with Crippen LogP contribution < -0.4 is 5.32 Å². The summed E-state index contributed by atoms with van der Waals surface area (Å²) in [5.74, 6) is 0. The molecule has 2 rings (SSSR count). The van der Waals surface area contributed by atoms with Crippen molar-refractivity contribution in [2.75, 3.05) is 6.54 Å². The summed E-state index contributed by atoms with van der Waals surface area (Å²) in [5, 5.41) is 6.79. The Morgan fingerprint density at radius 2 is 2.15 bits per heavy atom. The number of nitrogens with zero attached hydrogens (tertiary/aromatic N) is 3. The van der Waals surface area contributed by atoms with Crippen molar-refractivity contribution in [1.29, 1.82) is 0 Å². The third-order valence-corrected chi connectivity index (χ3v) is 3.98. The van der Waals surface area contributed by atoms with Crippen LogP contribution in [-0.2, 0) is 11.8 Å².